The summed E-state index contributed by atoms with van der Waals surface area (Å²) in [7, 11) is 3.02. The van der Waals surface area contributed by atoms with Crippen LogP contribution in [0.2, 0.25) is 0 Å². The number of ketones is 2. The molecule has 1 aliphatic carbocycles. The minimum Gasteiger partial charge on any atom is -0.456 e. The monoisotopic (exact) mass is 852 g/mol. The highest BCUT2D eigenvalue weighted by molar-refractivity contribution is 6.39. The molecular weight excluding hydrogens is 785 g/mol. The van der Waals surface area contributed by atoms with E-state index in [1.807, 2.05) is 44.2 Å². The first kappa shape index (κ1) is 47.1. The molecule has 5 aliphatic rings. The second kappa shape index (κ2) is 20.4. The summed E-state index contributed by atoms with van der Waals surface area (Å²) in [5.74, 6) is -8.77. The Kier molecular flexibility index (Phi) is 15.8. The smallest absolute Gasteiger partial charge is 0.330 e. The molecule has 338 valence electrons. The van der Waals surface area contributed by atoms with Gasteiger partial charge in [-0.1, -0.05) is 44.6 Å². The average molecular weight is 853 g/mol. The third kappa shape index (κ3) is 10.5. The average Bonchev–Trinajstić information content (AvgIpc) is 3.24. The van der Waals surface area contributed by atoms with Crippen LogP contribution in [-0.2, 0) is 44.5 Å². The number of hydrogen-bond donors (Lipinski definition) is 4. The van der Waals surface area contributed by atoms with Gasteiger partial charge in [0.15, 0.2) is 0 Å². The van der Waals surface area contributed by atoms with Gasteiger partial charge in [0.1, 0.15) is 24.0 Å². The van der Waals surface area contributed by atoms with Crippen LogP contribution in [0.4, 0.5) is 0 Å². The maximum absolute atomic E-state index is 14.4. The van der Waals surface area contributed by atoms with Crippen LogP contribution in [-0.4, -0.2) is 129 Å². The van der Waals surface area contributed by atoms with E-state index in [9.17, 15) is 39.6 Å². The van der Waals surface area contributed by atoms with Crippen LogP contribution in [0.25, 0.3) is 0 Å². The van der Waals surface area contributed by atoms with Crippen LogP contribution >= 0.6 is 0 Å². The fraction of sp³-hybridized carbons (Fsp3) is 0.723. The number of allylic oxidation sites excluding steroid dienone is 3. The number of Topliss-reactive ketones (excluding diaryl/α,β-unsaturated/α-hetero) is 2. The van der Waals surface area contributed by atoms with Crippen LogP contribution < -0.4 is 0 Å². The van der Waals surface area contributed by atoms with E-state index in [1.165, 1.54) is 12.0 Å². The second-order valence-corrected chi connectivity index (χ2v) is 18.7. The number of aromatic nitrogens is 1. The van der Waals surface area contributed by atoms with E-state index in [2.05, 4.69) is 4.98 Å². The van der Waals surface area contributed by atoms with Gasteiger partial charge in [0.05, 0.1) is 30.5 Å². The van der Waals surface area contributed by atoms with E-state index in [-0.39, 0.29) is 43.4 Å². The molecule has 1 aromatic heterocycles. The molecule has 4 fully saturated rings. The Morgan fingerprint density at radius 2 is 1.69 bits per heavy atom. The van der Waals surface area contributed by atoms with Crippen LogP contribution in [0.5, 0.6) is 0 Å². The van der Waals surface area contributed by atoms with Crippen molar-refractivity contribution in [3.8, 4) is 0 Å². The number of carbonyl (C=O) groups excluding carboxylic acids is 4. The number of esters is 1. The normalized spacial score (nSPS) is 41.2. The molecule has 5 heterocycles. The first-order valence-electron chi connectivity index (χ1n) is 22.4. The molecule has 61 heavy (non-hydrogen) atoms. The lowest BCUT2D eigenvalue weighted by molar-refractivity contribution is -0.301. The number of aliphatic hydroxyl groups is 4. The fourth-order valence-corrected chi connectivity index (χ4v) is 10.7. The van der Waals surface area contributed by atoms with Crippen LogP contribution in [0.1, 0.15) is 104 Å². The van der Waals surface area contributed by atoms with Gasteiger partial charge in [-0.25, -0.2) is 4.79 Å². The van der Waals surface area contributed by atoms with Crippen LogP contribution in [0, 0.1) is 35.5 Å². The molecule has 4 aliphatic heterocycles. The molecule has 1 amide bonds. The SMILES string of the molecule is CO[C@H]1C[C@@H](C)[C@@]2(O)O[C@@H]1[C@@H](O)C[C@@H](C)C/C(C)=C/[C@@H](CCCc1ccccn1)C(=O)C[C@H](O)[C@@H](C)[C@@H]1OC(=O)[C@@H]3C(CCCN3C(=O)C2=O)/C1=C\[C@@H]1CC[C@@H](O)[C@H](OC)C1. The van der Waals surface area contributed by atoms with Gasteiger partial charge in [-0.2, -0.15) is 0 Å². The van der Waals surface area contributed by atoms with E-state index in [4.69, 9.17) is 18.9 Å². The highest BCUT2D eigenvalue weighted by atomic mass is 16.7. The molecule has 0 aromatic carbocycles. The molecule has 1 saturated carbocycles. The summed E-state index contributed by atoms with van der Waals surface area (Å²) >= 11 is 0. The van der Waals surface area contributed by atoms with E-state index in [1.54, 1.807) is 27.2 Å². The summed E-state index contributed by atoms with van der Waals surface area (Å²) in [6, 6.07) is 4.54. The first-order valence-corrected chi connectivity index (χ1v) is 22.4. The number of amides is 1. The predicted octanol–water partition coefficient (Wildman–Crippen LogP) is 4.05. The summed E-state index contributed by atoms with van der Waals surface area (Å²) in [5.41, 5.74) is 2.54. The molecule has 3 saturated heterocycles. The summed E-state index contributed by atoms with van der Waals surface area (Å²) < 4.78 is 23.7. The Morgan fingerprint density at radius 3 is 2.39 bits per heavy atom. The largest absolute Gasteiger partial charge is 0.456 e. The topological polar surface area (TPSA) is 202 Å². The van der Waals surface area contributed by atoms with E-state index >= 15 is 0 Å². The number of methoxy groups -OCH3 is 2. The Labute approximate surface area is 360 Å². The van der Waals surface area contributed by atoms with Gasteiger partial charge in [0.2, 0.25) is 5.79 Å². The number of rotatable bonds is 7. The van der Waals surface area contributed by atoms with Gasteiger partial charge in [-0.15, -0.1) is 0 Å². The third-order valence-corrected chi connectivity index (χ3v) is 14.2. The zero-order valence-corrected chi connectivity index (χ0v) is 36.7. The van der Waals surface area contributed by atoms with Crippen molar-refractivity contribution in [1.82, 2.24) is 9.88 Å². The Balaban J connectivity index is 1.39. The molecule has 4 bridgehead atoms. The Hall–Kier alpha value is -3.37. The fourth-order valence-electron chi connectivity index (χ4n) is 10.7. The van der Waals surface area contributed by atoms with Crippen molar-refractivity contribution in [1.29, 1.82) is 0 Å². The maximum Gasteiger partial charge on any atom is 0.330 e. The quantitative estimate of drug-likeness (QED) is 0.174. The lowest BCUT2D eigenvalue weighted by Crippen LogP contribution is -2.66. The van der Waals surface area contributed by atoms with Gasteiger partial charge in [-0.05, 0) is 107 Å². The van der Waals surface area contributed by atoms with E-state index in [0.29, 0.717) is 63.4 Å². The Morgan fingerprint density at radius 1 is 0.934 bits per heavy atom. The van der Waals surface area contributed by atoms with Gasteiger partial charge < -0.3 is 44.3 Å². The van der Waals surface area contributed by atoms with Gasteiger partial charge in [-0.3, -0.25) is 19.4 Å². The molecule has 15 atom stereocenters. The molecule has 0 radical (unpaired) electrons. The van der Waals surface area contributed by atoms with Crippen molar-refractivity contribution >= 4 is 23.4 Å². The lowest BCUT2D eigenvalue weighted by atomic mass is 9.72. The molecule has 1 unspecified atom stereocenters. The van der Waals surface area contributed by atoms with Crippen molar-refractivity contribution in [3.05, 3.63) is 53.4 Å². The molecule has 1 aromatic rings. The maximum atomic E-state index is 14.4. The van der Waals surface area contributed by atoms with Crippen LogP contribution in [0.3, 0.4) is 0 Å². The summed E-state index contributed by atoms with van der Waals surface area (Å²) in [6.07, 6.45) is 4.58. The summed E-state index contributed by atoms with van der Waals surface area (Å²) in [5, 5.41) is 46.2. The number of ether oxygens (including phenoxy) is 4. The standard InChI is InChI=1S/C47H68N2O12/c1-26-19-27(2)21-38(53)43-40(59-6)22-28(3)47(57,61-43)44(54)45(55)49-18-10-14-33-34(23-30-15-16-35(50)39(24-30)58-5)42(60-46(56)41(33)49)29(4)36(51)25-37(52)31(20-26)11-9-13-32-12-7-8-17-48-32/h7-8,12,17,20,23,27-31,33,35-36,38-43,50-51,53,57H,9-11,13-16,18-19,21-22,24-25H2,1-6H3/b26-20+,34-23+/t27-,28+,29+,30-,31+,33?,35+,36-,38-,39+,40-,41-,42-,43+,47+/m0/s1. The predicted molar refractivity (Wildman–Crippen MR) is 223 cm³/mol. The molecule has 6 rings (SSSR count). The molecule has 0 spiro atoms. The number of aryl methyl sites for hydroxylation is 1. The van der Waals surface area contributed by atoms with Gasteiger partial charge in [0, 0.05) is 62.7 Å². The van der Waals surface area contributed by atoms with Crippen molar-refractivity contribution in [2.75, 3.05) is 20.8 Å². The van der Waals surface area contributed by atoms with Gasteiger partial charge >= 0.3 is 5.97 Å². The van der Waals surface area contributed by atoms with Crippen molar-refractivity contribution in [3.63, 3.8) is 0 Å². The molecule has 14 nitrogen and oxygen atoms in total. The zero-order valence-electron chi connectivity index (χ0n) is 36.7. The minimum absolute atomic E-state index is 0.0512. The van der Waals surface area contributed by atoms with Gasteiger partial charge in [0.25, 0.3) is 11.7 Å². The number of piperidine rings is 1. The second-order valence-electron chi connectivity index (χ2n) is 18.7. The summed E-state index contributed by atoms with van der Waals surface area (Å²) in [6.45, 7) is 7.31. The molecule has 4 N–H and O–H groups in total. The van der Waals surface area contributed by atoms with E-state index in [0.717, 1.165) is 11.3 Å². The lowest BCUT2D eigenvalue weighted by Gasteiger charge is -2.49. The third-order valence-electron chi connectivity index (χ3n) is 14.2. The number of carbonyl (C=O) groups is 4. The van der Waals surface area contributed by atoms with Crippen molar-refractivity contribution < 1.29 is 58.6 Å². The highest BCUT2D eigenvalue weighted by Gasteiger charge is 2.58. The highest BCUT2D eigenvalue weighted by Crippen LogP contribution is 2.44. The number of hydrogen-bond acceptors (Lipinski definition) is 13. The Bertz CT molecular complexity index is 1770. The van der Waals surface area contributed by atoms with Crippen LogP contribution in [0.15, 0.2) is 47.7 Å². The number of nitrogens with zero attached hydrogens (tertiary/aromatic N) is 2. The van der Waals surface area contributed by atoms with Crippen molar-refractivity contribution in [2.24, 2.45) is 35.5 Å². The molecule has 14 heteroatoms. The van der Waals surface area contributed by atoms with Crippen molar-refractivity contribution in [2.45, 2.75) is 159 Å². The zero-order chi connectivity index (χ0) is 44.2. The number of pyridine rings is 1. The minimum atomic E-state index is -2.61. The first-order chi connectivity index (χ1) is 29.1. The summed E-state index contributed by atoms with van der Waals surface area (Å²) in [4.78, 5) is 63.0. The number of fused-ring (bicyclic) bond motifs is 4. The van der Waals surface area contributed by atoms with E-state index < -0.39 is 95.9 Å². The molecular formula is C47H68N2O12. The number of aliphatic hydroxyl groups excluding tert-OH is 3.